The number of carbonyl (C=O) groups is 1. The van der Waals surface area contributed by atoms with Gasteiger partial charge in [0.05, 0.1) is 12.1 Å². The fraction of sp³-hybridized carbons (Fsp3) is 0.107. The van der Waals surface area contributed by atoms with Gasteiger partial charge in [0.15, 0.2) is 5.03 Å². The van der Waals surface area contributed by atoms with Crippen molar-refractivity contribution in [3.05, 3.63) is 118 Å². The Kier molecular flexibility index (Phi) is 7.84. The molecule has 0 atom stereocenters. The zero-order valence-corrected chi connectivity index (χ0v) is 21.1. The van der Waals surface area contributed by atoms with Gasteiger partial charge in [-0.1, -0.05) is 31.7 Å². The molecule has 2 aromatic carbocycles. The van der Waals surface area contributed by atoms with Gasteiger partial charge in [-0.25, -0.2) is 14.1 Å². The molecule has 8 nitrogen and oxygen atoms in total. The van der Waals surface area contributed by atoms with Gasteiger partial charge in [0.1, 0.15) is 11.5 Å². The van der Waals surface area contributed by atoms with Crippen molar-refractivity contribution in [1.82, 2.24) is 19.3 Å². The first-order valence-corrected chi connectivity index (χ1v) is 13.1. The van der Waals surface area contributed by atoms with E-state index >= 15 is 0 Å². The SMILES string of the molecule is C.O=C(NS(=O)(=O)c1ccccn1)c1c(-c2ccc[nH]c2=O)c2cc(C(F)(F)F)ccc2n1Cc1ccccc1F. The van der Waals surface area contributed by atoms with Crippen LogP contribution in [0.25, 0.3) is 22.0 Å². The first-order chi connectivity index (χ1) is 19.0. The first kappa shape index (κ1) is 29.2. The number of hydrogen-bond acceptors (Lipinski definition) is 5. The molecule has 41 heavy (non-hydrogen) atoms. The van der Waals surface area contributed by atoms with E-state index < -0.39 is 49.8 Å². The number of aromatic nitrogens is 3. The summed E-state index contributed by atoms with van der Waals surface area (Å²) in [4.78, 5) is 32.7. The number of alkyl halides is 3. The van der Waals surface area contributed by atoms with Crippen molar-refractivity contribution in [1.29, 1.82) is 0 Å². The first-order valence-electron chi connectivity index (χ1n) is 11.6. The van der Waals surface area contributed by atoms with E-state index in [4.69, 9.17) is 0 Å². The number of rotatable bonds is 6. The quantitative estimate of drug-likeness (QED) is 0.261. The molecule has 0 saturated heterocycles. The van der Waals surface area contributed by atoms with E-state index in [1.54, 1.807) is 0 Å². The van der Waals surface area contributed by atoms with Crippen molar-refractivity contribution >= 4 is 26.8 Å². The van der Waals surface area contributed by atoms with Crippen molar-refractivity contribution in [3.63, 3.8) is 0 Å². The third kappa shape index (κ3) is 5.61. The highest BCUT2D eigenvalue weighted by atomic mass is 32.2. The Hall–Kier alpha value is -4.78. The predicted molar refractivity (Wildman–Crippen MR) is 144 cm³/mol. The second-order valence-electron chi connectivity index (χ2n) is 8.65. The molecule has 0 unspecified atom stereocenters. The van der Waals surface area contributed by atoms with E-state index in [0.29, 0.717) is 0 Å². The molecular formula is C28H22F4N4O4S. The third-order valence-electron chi connectivity index (χ3n) is 6.12. The van der Waals surface area contributed by atoms with Gasteiger partial charge in [0, 0.05) is 40.0 Å². The molecule has 0 aliphatic heterocycles. The third-order valence-corrected chi connectivity index (χ3v) is 7.37. The molecule has 212 valence electrons. The Morgan fingerprint density at radius 2 is 1.73 bits per heavy atom. The van der Waals surface area contributed by atoms with Crippen molar-refractivity contribution < 1.29 is 30.8 Å². The molecule has 1 amide bonds. The van der Waals surface area contributed by atoms with E-state index in [2.05, 4.69) is 9.97 Å². The number of halogens is 4. The lowest BCUT2D eigenvalue weighted by Crippen LogP contribution is -2.33. The fourth-order valence-electron chi connectivity index (χ4n) is 4.35. The number of aromatic amines is 1. The monoisotopic (exact) mass is 586 g/mol. The number of sulfonamides is 1. The normalized spacial score (nSPS) is 11.7. The van der Waals surface area contributed by atoms with Crippen LogP contribution in [0, 0.1) is 5.82 Å². The smallest absolute Gasteiger partial charge is 0.331 e. The molecule has 0 radical (unpaired) electrons. The lowest BCUT2D eigenvalue weighted by Gasteiger charge is -2.13. The Morgan fingerprint density at radius 3 is 2.39 bits per heavy atom. The second-order valence-corrected chi connectivity index (χ2v) is 10.3. The average Bonchev–Trinajstić information content (AvgIpc) is 3.23. The molecule has 5 rings (SSSR count). The minimum atomic E-state index is -4.77. The van der Waals surface area contributed by atoms with Crippen LogP contribution < -0.4 is 10.3 Å². The van der Waals surface area contributed by atoms with Crippen LogP contribution in [0.15, 0.2) is 95.0 Å². The summed E-state index contributed by atoms with van der Waals surface area (Å²) in [5.74, 6) is -1.92. The number of hydrogen-bond donors (Lipinski definition) is 2. The number of benzene rings is 2. The minimum Gasteiger partial charge on any atom is -0.331 e. The summed E-state index contributed by atoms with van der Waals surface area (Å²) >= 11 is 0. The lowest BCUT2D eigenvalue weighted by atomic mass is 10.0. The van der Waals surface area contributed by atoms with Crippen LogP contribution in [-0.4, -0.2) is 28.9 Å². The molecule has 0 bridgehead atoms. The molecule has 2 N–H and O–H groups in total. The zero-order chi connectivity index (χ0) is 28.7. The summed E-state index contributed by atoms with van der Waals surface area (Å²) < 4.78 is 84.9. The minimum absolute atomic E-state index is 0. The number of pyridine rings is 2. The van der Waals surface area contributed by atoms with Crippen molar-refractivity contribution in [3.8, 4) is 11.1 Å². The van der Waals surface area contributed by atoms with Gasteiger partial charge in [-0.3, -0.25) is 9.59 Å². The maximum absolute atomic E-state index is 14.7. The van der Waals surface area contributed by atoms with Gasteiger partial charge < -0.3 is 9.55 Å². The predicted octanol–water partition coefficient (Wildman–Crippen LogP) is 5.35. The summed E-state index contributed by atoms with van der Waals surface area (Å²) in [6, 6.07) is 14.8. The van der Waals surface area contributed by atoms with E-state index in [-0.39, 0.29) is 41.6 Å². The highest BCUT2D eigenvalue weighted by Crippen LogP contribution is 2.38. The molecule has 0 saturated carbocycles. The van der Waals surface area contributed by atoms with Crippen LogP contribution in [0.4, 0.5) is 17.6 Å². The van der Waals surface area contributed by atoms with Gasteiger partial charge in [0.2, 0.25) is 0 Å². The van der Waals surface area contributed by atoms with Crippen LogP contribution in [-0.2, 0) is 22.7 Å². The van der Waals surface area contributed by atoms with Crippen LogP contribution >= 0.6 is 0 Å². The summed E-state index contributed by atoms with van der Waals surface area (Å²) in [6.07, 6.45) is -2.29. The van der Waals surface area contributed by atoms with E-state index in [1.165, 1.54) is 59.4 Å². The molecule has 13 heteroatoms. The molecule has 5 aromatic rings. The largest absolute Gasteiger partial charge is 0.416 e. The van der Waals surface area contributed by atoms with Crippen LogP contribution in [0.3, 0.4) is 0 Å². The van der Waals surface area contributed by atoms with Crippen LogP contribution in [0.5, 0.6) is 0 Å². The molecule has 0 fully saturated rings. The molecule has 3 aromatic heterocycles. The number of fused-ring (bicyclic) bond motifs is 1. The van der Waals surface area contributed by atoms with E-state index in [1.807, 2.05) is 4.72 Å². The topological polar surface area (TPSA) is 114 Å². The Balaban J connectivity index is 0.00000387. The van der Waals surface area contributed by atoms with Gasteiger partial charge in [0.25, 0.3) is 21.5 Å². The van der Waals surface area contributed by atoms with E-state index in [9.17, 15) is 35.6 Å². The average molecular weight is 587 g/mol. The Bertz CT molecular complexity index is 1920. The molecule has 3 heterocycles. The van der Waals surface area contributed by atoms with Crippen molar-refractivity contribution in [2.75, 3.05) is 0 Å². The van der Waals surface area contributed by atoms with E-state index in [0.717, 1.165) is 30.3 Å². The summed E-state index contributed by atoms with van der Waals surface area (Å²) in [7, 11) is -4.55. The summed E-state index contributed by atoms with van der Waals surface area (Å²) in [5.41, 5.74) is -2.62. The van der Waals surface area contributed by atoms with Gasteiger partial charge in [-0.15, -0.1) is 0 Å². The molecule has 0 aliphatic rings. The van der Waals surface area contributed by atoms with Crippen LogP contribution in [0.1, 0.15) is 29.0 Å². The molecular weight excluding hydrogens is 564 g/mol. The zero-order valence-electron chi connectivity index (χ0n) is 20.2. The summed E-state index contributed by atoms with van der Waals surface area (Å²) in [6.45, 7) is -0.369. The molecule has 0 spiro atoms. The number of nitrogens with zero attached hydrogens (tertiary/aromatic N) is 2. The van der Waals surface area contributed by atoms with Crippen molar-refractivity contribution in [2.45, 2.75) is 25.2 Å². The van der Waals surface area contributed by atoms with Crippen molar-refractivity contribution in [2.24, 2.45) is 0 Å². The highest BCUT2D eigenvalue weighted by Gasteiger charge is 2.34. The number of carbonyl (C=O) groups excluding carboxylic acids is 1. The number of nitrogens with one attached hydrogen (secondary N) is 2. The van der Waals surface area contributed by atoms with Gasteiger partial charge in [-0.2, -0.15) is 21.6 Å². The summed E-state index contributed by atoms with van der Waals surface area (Å²) in [5, 5.41) is -0.651. The van der Waals surface area contributed by atoms with Gasteiger partial charge in [-0.05, 0) is 48.5 Å². The number of H-pyrrole nitrogens is 1. The fourth-order valence-corrected chi connectivity index (χ4v) is 5.25. The van der Waals surface area contributed by atoms with Gasteiger partial charge >= 0.3 is 6.18 Å². The standard InChI is InChI=1S/C27H18F4N4O4S.CH4/c28-20-8-2-1-6-16(20)15-35-21-11-10-17(27(29,30)31)14-19(21)23(18-7-5-13-33-25(18)36)24(35)26(37)34-40(38,39)22-9-3-4-12-32-22;/h1-14H,15H2,(H,33,36)(H,34,37);1H4. The maximum Gasteiger partial charge on any atom is 0.416 e. The highest BCUT2D eigenvalue weighted by molar-refractivity contribution is 7.90. The van der Waals surface area contributed by atoms with Crippen LogP contribution in [0.2, 0.25) is 0 Å². The lowest BCUT2D eigenvalue weighted by molar-refractivity contribution is -0.137. The Labute approximate surface area is 231 Å². The second kappa shape index (κ2) is 11.0. The Morgan fingerprint density at radius 1 is 1.00 bits per heavy atom. The maximum atomic E-state index is 14.7. The molecule has 0 aliphatic carbocycles. The number of amides is 1.